The number of rotatable bonds is 8. The number of fused-ring (bicyclic) bond motifs is 1. The van der Waals surface area contributed by atoms with Gasteiger partial charge in [0.25, 0.3) is 5.91 Å². The van der Waals surface area contributed by atoms with E-state index in [4.69, 9.17) is 4.74 Å². The number of ether oxygens (including phenoxy) is 1. The highest BCUT2D eigenvalue weighted by Crippen LogP contribution is 2.49. The van der Waals surface area contributed by atoms with Gasteiger partial charge in [-0.1, -0.05) is 6.07 Å². The topological polar surface area (TPSA) is 101 Å². The smallest absolute Gasteiger partial charge is 0.289 e. The van der Waals surface area contributed by atoms with Gasteiger partial charge in [0.15, 0.2) is 5.82 Å². The van der Waals surface area contributed by atoms with Crippen LogP contribution in [0.3, 0.4) is 0 Å². The molecule has 1 saturated heterocycles. The van der Waals surface area contributed by atoms with Crippen LogP contribution < -0.4 is 15.4 Å². The standard InChI is InChI=1S/C28H39FN6O3/c1-28(2,3)31-27(37)26-33-32-24-17-34(11-12-35(24)26)25(36)15-20-4-5-21(16-23(20)29)38-13-8-19-14-22(19)18-6-9-30-10-7-18/h4-5,16,18-19,22,30H,6-15,17H2,1-3H3,(H,31,37). The maximum Gasteiger partial charge on any atom is 0.289 e. The van der Waals surface area contributed by atoms with Gasteiger partial charge < -0.3 is 24.8 Å². The van der Waals surface area contributed by atoms with E-state index in [0.717, 1.165) is 37.3 Å². The van der Waals surface area contributed by atoms with Crippen LogP contribution in [0.15, 0.2) is 18.2 Å². The Hall–Kier alpha value is -3.01. The Morgan fingerprint density at radius 2 is 1.97 bits per heavy atom. The molecule has 0 bridgehead atoms. The maximum absolute atomic E-state index is 14.8. The lowest BCUT2D eigenvalue weighted by molar-refractivity contribution is -0.132. The van der Waals surface area contributed by atoms with E-state index < -0.39 is 11.4 Å². The molecule has 1 aromatic heterocycles. The summed E-state index contributed by atoms with van der Waals surface area (Å²) >= 11 is 0. The predicted molar refractivity (Wildman–Crippen MR) is 140 cm³/mol. The summed E-state index contributed by atoms with van der Waals surface area (Å²) < 4.78 is 22.4. The van der Waals surface area contributed by atoms with Crippen molar-refractivity contribution in [1.82, 2.24) is 30.3 Å². The summed E-state index contributed by atoms with van der Waals surface area (Å²) in [6.45, 7) is 9.61. The van der Waals surface area contributed by atoms with E-state index in [1.807, 2.05) is 20.8 Å². The molecule has 5 rings (SSSR count). The largest absolute Gasteiger partial charge is 0.493 e. The number of hydrogen-bond acceptors (Lipinski definition) is 6. The van der Waals surface area contributed by atoms with E-state index in [1.54, 1.807) is 21.6 Å². The van der Waals surface area contributed by atoms with Gasteiger partial charge in [-0.05, 0) is 88.9 Å². The van der Waals surface area contributed by atoms with Gasteiger partial charge in [-0.2, -0.15) is 0 Å². The van der Waals surface area contributed by atoms with Crippen molar-refractivity contribution in [2.45, 2.75) is 71.5 Å². The zero-order valence-electron chi connectivity index (χ0n) is 22.6. The van der Waals surface area contributed by atoms with E-state index >= 15 is 0 Å². The Balaban J connectivity index is 1.09. The first-order valence-electron chi connectivity index (χ1n) is 13.8. The third-order valence-electron chi connectivity index (χ3n) is 7.89. The van der Waals surface area contributed by atoms with Crippen molar-refractivity contribution in [1.29, 1.82) is 0 Å². The number of halogens is 1. The van der Waals surface area contributed by atoms with Gasteiger partial charge in [0, 0.05) is 24.7 Å². The fraction of sp³-hybridized carbons (Fsp3) is 0.643. The van der Waals surface area contributed by atoms with Crippen LogP contribution in [0, 0.1) is 23.6 Å². The lowest BCUT2D eigenvalue weighted by atomic mass is 9.91. The van der Waals surface area contributed by atoms with Crippen LogP contribution in [-0.4, -0.2) is 63.3 Å². The molecule has 0 radical (unpaired) electrons. The van der Waals surface area contributed by atoms with Crippen LogP contribution in [-0.2, 0) is 24.3 Å². The number of nitrogens with one attached hydrogen (secondary N) is 2. The third kappa shape index (κ3) is 6.34. The molecule has 2 amide bonds. The summed E-state index contributed by atoms with van der Waals surface area (Å²) in [4.78, 5) is 27.1. The van der Waals surface area contributed by atoms with Crippen LogP contribution in [0.4, 0.5) is 4.39 Å². The summed E-state index contributed by atoms with van der Waals surface area (Å²) in [7, 11) is 0. The predicted octanol–water partition coefficient (Wildman–Crippen LogP) is 2.94. The first kappa shape index (κ1) is 26.6. The van der Waals surface area contributed by atoms with Crippen LogP contribution in [0.25, 0.3) is 0 Å². The fourth-order valence-corrected chi connectivity index (χ4v) is 5.75. The highest BCUT2D eigenvalue weighted by molar-refractivity contribution is 5.91. The second-order valence-electron chi connectivity index (χ2n) is 11.9. The quantitative estimate of drug-likeness (QED) is 0.549. The van der Waals surface area contributed by atoms with E-state index in [9.17, 15) is 14.0 Å². The summed E-state index contributed by atoms with van der Waals surface area (Å²) in [6, 6.07) is 4.77. The number of carbonyl (C=O) groups is 2. The first-order valence-corrected chi connectivity index (χ1v) is 13.8. The molecular weight excluding hydrogens is 487 g/mol. The fourth-order valence-electron chi connectivity index (χ4n) is 5.75. The summed E-state index contributed by atoms with van der Waals surface area (Å²) in [5, 5.41) is 14.5. The number of hydrogen-bond donors (Lipinski definition) is 2. The zero-order valence-corrected chi connectivity index (χ0v) is 22.6. The summed E-state index contributed by atoms with van der Waals surface area (Å²) in [6.07, 6.45) is 4.82. The van der Waals surface area contributed by atoms with Gasteiger partial charge in [0.2, 0.25) is 11.7 Å². The van der Waals surface area contributed by atoms with Gasteiger partial charge in [-0.25, -0.2) is 4.39 Å². The Labute approximate surface area is 223 Å². The molecule has 2 atom stereocenters. The average molecular weight is 527 g/mol. The Bertz CT molecular complexity index is 1170. The molecule has 2 N–H and O–H groups in total. The second-order valence-corrected chi connectivity index (χ2v) is 11.9. The summed E-state index contributed by atoms with van der Waals surface area (Å²) in [5.41, 5.74) is -0.0506. The van der Waals surface area contributed by atoms with Crippen molar-refractivity contribution >= 4 is 11.8 Å². The molecule has 3 aliphatic rings. The minimum Gasteiger partial charge on any atom is -0.493 e. The Morgan fingerprint density at radius 1 is 1.18 bits per heavy atom. The molecular formula is C28H39FN6O3. The highest BCUT2D eigenvalue weighted by Gasteiger charge is 2.42. The van der Waals surface area contributed by atoms with Crippen LogP contribution >= 0.6 is 0 Å². The van der Waals surface area contributed by atoms with Crippen molar-refractivity contribution in [3.05, 3.63) is 41.2 Å². The molecule has 1 aliphatic carbocycles. The van der Waals surface area contributed by atoms with E-state index in [-0.39, 0.29) is 30.6 Å². The SMILES string of the molecule is CC(C)(C)NC(=O)c1nnc2n1CCN(C(=O)Cc1ccc(OCCC3CC3C3CCNCC3)cc1F)C2. The molecule has 2 fully saturated rings. The molecule has 2 unspecified atom stereocenters. The van der Waals surface area contributed by atoms with Crippen LogP contribution in [0.5, 0.6) is 5.75 Å². The highest BCUT2D eigenvalue weighted by atomic mass is 19.1. The number of amides is 2. The minimum absolute atomic E-state index is 0.0440. The molecule has 0 spiro atoms. The van der Waals surface area contributed by atoms with Gasteiger partial charge in [0.05, 0.1) is 19.6 Å². The average Bonchev–Trinajstić information content (AvgIpc) is 3.52. The molecule has 9 nitrogen and oxygen atoms in total. The number of piperidine rings is 1. The first-order chi connectivity index (χ1) is 18.2. The van der Waals surface area contributed by atoms with E-state index in [1.165, 1.54) is 25.3 Å². The van der Waals surface area contributed by atoms with E-state index in [2.05, 4.69) is 20.8 Å². The van der Waals surface area contributed by atoms with Gasteiger partial charge >= 0.3 is 0 Å². The minimum atomic E-state index is -0.434. The molecule has 2 aliphatic heterocycles. The monoisotopic (exact) mass is 526 g/mol. The number of carbonyl (C=O) groups excluding carboxylic acids is 2. The number of nitrogens with zero attached hydrogens (tertiary/aromatic N) is 4. The molecule has 38 heavy (non-hydrogen) atoms. The molecule has 206 valence electrons. The third-order valence-corrected chi connectivity index (χ3v) is 7.89. The van der Waals surface area contributed by atoms with Crippen LogP contribution in [0.2, 0.25) is 0 Å². The molecule has 3 heterocycles. The van der Waals surface area contributed by atoms with Crippen molar-refractivity contribution in [3.63, 3.8) is 0 Å². The van der Waals surface area contributed by atoms with Crippen molar-refractivity contribution in [3.8, 4) is 5.75 Å². The van der Waals surface area contributed by atoms with Gasteiger partial charge in [0.1, 0.15) is 11.6 Å². The van der Waals surface area contributed by atoms with Crippen molar-refractivity contribution in [2.24, 2.45) is 17.8 Å². The van der Waals surface area contributed by atoms with E-state index in [0.29, 0.717) is 36.8 Å². The molecule has 10 heteroatoms. The number of aromatic nitrogens is 3. The van der Waals surface area contributed by atoms with Crippen molar-refractivity contribution < 1.29 is 18.7 Å². The molecule has 1 aromatic carbocycles. The number of benzene rings is 1. The van der Waals surface area contributed by atoms with Gasteiger partial charge in [-0.3, -0.25) is 9.59 Å². The Morgan fingerprint density at radius 3 is 2.71 bits per heavy atom. The summed E-state index contributed by atoms with van der Waals surface area (Å²) in [5.74, 6) is 2.80. The maximum atomic E-state index is 14.8. The normalized spacial score (nSPS) is 21.6. The lowest BCUT2D eigenvalue weighted by Gasteiger charge is -2.28. The second kappa shape index (κ2) is 11.0. The lowest BCUT2D eigenvalue weighted by Crippen LogP contribution is -2.43. The van der Waals surface area contributed by atoms with Crippen LogP contribution in [0.1, 0.15) is 68.5 Å². The molecule has 1 saturated carbocycles. The van der Waals surface area contributed by atoms with Gasteiger partial charge in [-0.15, -0.1) is 10.2 Å². The van der Waals surface area contributed by atoms with Crippen molar-refractivity contribution in [2.75, 3.05) is 26.2 Å². The molecule has 2 aromatic rings. The zero-order chi connectivity index (χ0) is 26.9. The Kier molecular flexibility index (Phi) is 7.70.